The molecule has 41 heavy (non-hydrogen) atoms. The molecule has 1 aliphatic heterocycles. The quantitative estimate of drug-likeness (QED) is 0.374. The van der Waals surface area contributed by atoms with E-state index in [9.17, 15) is 27.6 Å². The summed E-state index contributed by atoms with van der Waals surface area (Å²) >= 11 is 0. The summed E-state index contributed by atoms with van der Waals surface area (Å²) in [6, 6.07) is 8.86. The van der Waals surface area contributed by atoms with E-state index in [1.165, 1.54) is 54.5 Å². The van der Waals surface area contributed by atoms with Crippen molar-refractivity contribution in [3.8, 4) is 0 Å². The first-order valence-electron chi connectivity index (χ1n) is 12.9. The van der Waals surface area contributed by atoms with E-state index < -0.39 is 23.7 Å². The number of nitrogens with zero attached hydrogens (tertiary/aromatic N) is 5. The predicted molar refractivity (Wildman–Crippen MR) is 151 cm³/mol. The second kappa shape index (κ2) is 12.2. The first kappa shape index (κ1) is 29.3. The van der Waals surface area contributed by atoms with Gasteiger partial charge in [-0.05, 0) is 62.1 Å². The number of carbonyl (C=O) groups is 3. The van der Waals surface area contributed by atoms with Crippen molar-refractivity contribution < 1.29 is 27.6 Å². The van der Waals surface area contributed by atoms with Gasteiger partial charge in [-0.2, -0.15) is 13.2 Å². The number of amides is 4. The van der Waals surface area contributed by atoms with E-state index in [0.717, 1.165) is 31.4 Å². The molecule has 10 nitrogen and oxygen atoms in total. The number of piperidine rings is 1. The first-order valence-corrected chi connectivity index (χ1v) is 12.9. The maximum absolute atomic E-state index is 13.5. The Morgan fingerprint density at radius 3 is 2.32 bits per heavy atom. The number of aromatic nitrogens is 2. The molecule has 0 radical (unpaired) electrons. The van der Waals surface area contributed by atoms with E-state index in [4.69, 9.17) is 0 Å². The Kier molecular flexibility index (Phi) is 8.74. The third-order valence-electron chi connectivity index (χ3n) is 6.82. The van der Waals surface area contributed by atoms with Crippen LogP contribution < -0.4 is 25.3 Å². The van der Waals surface area contributed by atoms with Gasteiger partial charge in [-0.1, -0.05) is 6.07 Å². The maximum atomic E-state index is 13.5. The summed E-state index contributed by atoms with van der Waals surface area (Å²) in [6.45, 7) is 3.10. The molecule has 4 amide bonds. The number of halogens is 3. The summed E-state index contributed by atoms with van der Waals surface area (Å²) in [5.74, 6) is -0.107. The molecule has 0 spiro atoms. The van der Waals surface area contributed by atoms with Crippen LogP contribution in [0, 0.1) is 6.92 Å². The normalized spacial score (nSPS) is 13.4. The molecule has 1 saturated heterocycles. The Bertz CT molecular complexity index is 1440. The van der Waals surface area contributed by atoms with E-state index in [1.54, 1.807) is 13.0 Å². The number of carbonyl (C=O) groups excluding carboxylic acids is 3. The molecule has 1 aliphatic rings. The highest BCUT2D eigenvalue weighted by atomic mass is 19.4. The molecule has 0 atom stereocenters. The molecule has 0 saturated carbocycles. The lowest BCUT2D eigenvalue weighted by atomic mass is 10.1. The highest BCUT2D eigenvalue weighted by molar-refractivity contribution is 6.08. The van der Waals surface area contributed by atoms with Gasteiger partial charge >= 0.3 is 12.2 Å². The van der Waals surface area contributed by atoms with Crippen LogP contribution in [0.4, 0.5) is 46.7 Å². The molecular weight excluding hydrogens is 539 g/mol. The summed E-state index contributed by atoms with van der Waals surface area (Å²) < 4.78 is 40.5. The van der Waals surface area contributed by atoms with Gasteiger partial charge in [0.05, 0.1) is 16.9 Å². The lowest BCUT2D eigenvalue weighted by Crippen LogP contribution is -2.32. The molecule has 2 aromatic carbocycles. The van der Waals surface area contributed by atoms with Crippen molar-refractivity contribution in [2.75, 3.05) is 52.5 Å². The number of anilines is 5. The van der Waals surface area contributed by atoms with Gasteiger partial charge in [0.25, 0.3) is 5.91 Å². The lowest BCUT2D eigenvalue weighted by molar-refractivity contribution is -0.137. The minimum absolute atomic E-state index is 0.0671. The number of benzene rings is 2. The number of hydrogen-bond acceptors (Lipinski definition) is 6. The minimum Gasteiger partial charge on any atom is -0.370 e. The summed E-state index contributed by atoms with van der Waals surface area (Å²) in [5.41, 5.74) is 0.859. The highest BCUT2D eigenvalue weighted by Gasteiger charge is 2.32. The Labute approximate surface area is 235 Å². The molecule has 0 unspecified atom stereocenters. The van der Waals surface area contributed by atoms with Crippen molar-refractivity contribution in [1.29, 1.82) is 0 Å². The average molecular weight is 570 g/mol. The molecular formula is C28H30F3N7O3. The zero-order chi connectivity index (χ0) is 29.7. The molecule has 3 aromatic rings. The summed E-state index contributed by atoms with van der Waals surface area (Å²) in [5, 5.41) is 5.38. The molecule has 2 heterocycles. The fraction of sp³-hybridized carbons (Fsp3) is 0.321. The smallest absolute Gasteiger partial charge is 0.370 e. The van der Waals surface area contributed by atoms with E-state index in [1.807, 2.05) is 4.90 Å². The number of urea groups is 1. The summed E-state index contributed by atoms with van der Waals surface area (Å²) in [4.78, 5) is 49.8. The molecule has 1 aromatic heterocycles. The third-order valence-corrected chi connectivity index (χ3v) is 6.82. The van der Waals surface area contributed by atoms with Gasteiger partial charge in [0, 0.05) is 44.5 Å². The van der Waals surface area contributed by atoms with Crippen LogP contribution in [0.2, 0.25) is 0 Å². The molecule has 13 heteroatoms. The molecule has 2 N–H and O–H groups in total. The monoisotopic (exact) mass is 569 g/mol. The Balaban J connectivity index is 1.56. The molecule has 0 bridgehead atoms. The van der Waals surface area contributed by atoms with Gasteiger partial charge in [0.2, 0.25) is 6.41 Å². The largest absolute Gasteiger partial charge is 0.416 e. The van der Waals surface area contributed by atoms with E-state index in [2.05, 4.69) is 20.6 Å². The Morgan fingerprint density at radius 1 is 0.927 bits per heavy atom. The van der Waals surface area contributed by atoms with Crippen molar-refractivity contribution in [2.24, 2.45) is 0 Å². The van der Waals surface area contributed by atoms with Crippen molar-refractivity contribution in [3.05, 3.63) is 65.5 Å². The standard InChI is InChI=1S/C28H30F3N7O3/c1-18-7-8-19(13-21(18)35-27(41)37(3)25-15-24(32-16-33-25)36(2)17-39)26(40)34-22-14-20(28(29,30)31)9-10-23(22)38-11-5-4-6-12-38/h7-10,13-17H,4-6,11-12H2,1-3H3,(H,34,40)(H,35,41). The maximum Gasteiger partial charge on any atom is 0.416 e. The second-order valence-corrected chi connectivity index (χ2v) is 9.70. The van der Waals surface area contributed by atoms with Crippen molar-refractivity contribution >= 4 is 47.0 Å². The van der Waals surface area contributed by atoms with Gasteiger partial charge in [0.1, 0.15) is 18.0 Å². The zero-order valence-electron chi connectivity index (χ0n) is 22.8. The topological polar surface area (TPSA) is 111 Å². The SMILES string of the molecule is Cc1ccc(C(=O)Nc2cc(C(F)(F)F)ccc2N2CCCCC2)cc1NC(=O)N(C)c1cc(N(C)C=O)ncn1. The first-order chi connectivity index (χ1) is 19.5. The van der Waals surface area contributed by atoms with Crippen LogP contribution in [0.3, 0.4) is 0 Å². The van der Waals surface area contributed by atoms with Gasteiger partial charge in [-0.15, -0.1) is 0 Å². The van der Waals surface area contributed by atoms with Crippen LogP contribution in [0.1, 0.15) is 40.7 Å². The predicted octanol–water partition coefficient (Wildman–Crippen LogP) is 5.31. The molecule has 4 rings (SSSR count). The Morgan fingerprint density at radius 2 is 1.63 bits per heavy atom. The van der Waals surface area contributed by atoms with E-state index >= 15 is 0 Å². The fourth-order valence-corrected chi connectivity index (χ4v) is 4.39. The van der Waals surface area contributed by atoms with Gasteiger partial charge in [0.15, 0.2) is 0 Å². The van der Waals surface area contributed by atoms with Crippen molar-refractivity contribution in [3.63, 3.8) is 0 Å². The molecule has 0 aliphatic carbocycles. The average Bonchev–Trinajstić information content (AvgIpc) is 2.97. The molecule has 1 fully saturated rings. The van der Waals surface area contributed by atoms with Crippen LogP contribution in [0.5, 0.6) is 0 Å². The summed E-state index contributed by atoms with van der Waals surface area (Å²) in [7, 11) is 2.98. The number of aryl methyl sites for hydroxylation is 1. The third kappa shape index (κ3) is 6.91. The van der Waals surface area contributed by atoms with E-state index in [-0.39, 0.29) is 22.9 Å². The number of rotatable bonds is 7. The Hall–Kier alpha value is -4.68. The van der Waals surface area contributed by atoms with Crippen LogP contribution in [0.25, 0.3) is 0 Å². The van der Waals surface area contributed by atoms with Crippen molar-refractivity contribution in [2.45, 2.75) is 32.4 Å². The summed E-state index contributed by atoms with van der Waals surface area (Å²) in [6.07, 6.45) is 0.0832. The van der Waals surface area contributed by atoms with Gasteiger partial charge in [-0.25, -0.2) is 14.8 Å². The number of hydrogen-bond donors (Lipinski definition) is 2. The van der Waals surface area contributed by atoms with Crippen LogP contribution in [0.15, 0.2) is 48.8 Å². The van der Waals surface area contributed by atoms with Crippen LogP contribution in [-0.4, -0.2) is 55.5 Å². The minimum atomic E-state index is -4.57. The lowest BCUT2D eigenvalue weighted by Gasteiger charge is -2.31. The zero-order valence-corrected chi connectivity index (χ0v) is 22.8. The molecule has 216 valence electrons. The van der Waals surface area contributed by atoms with Crippen molar-refractivity contribution in [1.82, 2.24) is 9.97 Å². The van der Waals surface area contributed by atoms with Gasteiger partial charge in [-0.3, -0.25) is 14.5 Å². The van der Waals surface area contributed by atoms with E-state index in [0.29, 0.717) is 36.4 Å². The van der Waals surface area contributed by atoms with Crippen LogP contribution in [-0.2, 0) is 11.0 Å². The van der Waals surface area contributed by atoms with Gasteiger partial charge < -0.3 is 20.4 Å². The highest BCUT2D eigenvalue weighted by Crippen LogP contribution is 2.36. The number of alkyl halides is 3. The fourth-order valence-electron chi connectivity index (χ4n) is 4.39. The number of nitrogens with one attached hydrogen (secondary N) is 2. The second-order valence-electron chi connectivity index (χ2n) is 9.70. The van der Waals surface area contributed by atoms with Crippen LogP contribution >= 0.6 is 0 Å².